The first-order valence-corrected chi connectivity index (χ1v) is 4.76. The maximum absolute atomic E-state index is 10.4. The van der Waals surface area contributed by atoms with E-state index in [4.69, 9.17) is 16.7 Å². The van der Waals surface area contributed by atoms with Crippen molar-refractivity contribution in [3.63, 3.8) is 0 Å². The summed E-state index contributed by atoms with van der Waals surface area (Å²) in [6.07, 6.45) is 3.67. The van der Waals surface area contributed by atoms with Crippen LogP contribution in [0.4, 0.5) is 0 Å². The molecule has 0 aromatic carbocycles. The van der Waals surface area contributed by atoms with Gasteiger partial charge in [-0.3, -0.25) is 4.79 Å². The zero-order valence-electron chi connectivity index (χ0n) is 7.72. The molecule has 1 N–H and O–H groups in total. The monoisotopic (exact) mass is 225 g/mol. The topological polar surface area (TPSA) is 67.5 Å². The minimum absolute atomic E-state index is 0.0175. The summed E-state index contributed by atoms with van der Waals surface area (Å²) in [5.41, 5.74) is 1.12. The fourth-order valence-electron chi connectivity index (χ4n) is 1.29. The van der Waals surface area contributed by atoms with Gasteiger partial charge in [0.2, 0.25) is 0 Å². The third-order valence-electron chi connectivity index (χ3n) is 1.98. The Hall–Kier alpha value is -1.62. The SMILES string of the molecule is O=C(O)CCc1nn2cccnc2c1Cl. The van der Waals surface area contributed by atoms with Crippen LogP contribution in [0.5, 0.6) is 0 Å². The molecule has 6 heteroatoms. The van der Waals surface area contributed by atoms with E-state index in [1.54, 1.807) is 23.0 Å². The summed E-state index contributed by atoms with van der Waals surface area (Å²) in [5.74, 6) is -0.865. The van der Waals surface area contributed by atoms with Crippen LogP contribution in [0, 0.1) is 0 Å². The maximum atomic E-state index is 10.4. The molecular weight excluding hydrogens is 218 g/mol. The molecule has 2 heterocycles. The van der Waals surface area contributed by atoms with Crippen molar-refractivity contribution in [3.05, 3.63) is 29.2 Å². The first-order valence-electron chi connectivity index (χ1n) is 4.38. The number of fused-ring (bicyclic) bond motifs is 1. The molecule has 0 amide bonds. The normalized spacial score (nSPS) is 10.7. The van der Waals surface area contributed by atoms with E-state index in [1.165, 1.54) is 0 Å². The second kappa shape index (κ2) is 3.86. The number of aromatic nitrogens is 3. The summed E-state index contributed by atoms with van der Waals surface area (Å²) in [7, 11) is 0. The van der Waals surface area contributed by atoms with Gasteiger partial charge in [0.05, 0.1) is 12.1 Å². The van der Waals surface area contributed by atoms with Gasteiger partial charge < -0.3 is 5.11 Å². The van der Waals surface area contributed by atoms with Crippen LogP contribution in [0.15, 0.2) is 18.5 Å². The van der Waals surface area contributed by atoms with Crippen molar-refractivity contribution in [2.75, 3.05) is 0 Å². The summed E-state index contributed by atoms with van der Waals surface area (Å²) in [6.45, 7) is 0. The molecular formula is C9H8ClN3O2. The molecule has 0 saturated heterocycles. The molecule has 0 aliphatic carbocycles. The van der Waals surface area contributed by atoms with Gasteiger partial charge in [-0.15, -0.1) is 0 Å². The van der Waals surface area contributed by atoms with E-state index < -0.39 is 5.97 Å². The van der Waals surface area contributed by atoms with Gasteiger partial charge in [-0.2, -0.15) is 5.10 Å². The van der Waals surface area contributed by atoms with Gasteiger partial charge in [0.1, 0.15) is 5.02 Å². The van der Waals surface area contributed by atoms with Crippen LogP contribution < -0.4 is 0 Å². The van der Waals surface area contributed by atoms with Gasteiger partial charge in [0.15, 0.2) is 5.65 Å². The van der Waals surface area contributed by atoms with Gasteiger partial charge in [-0.25, -0.2) is 9.50 Å². The van der Waals surface area contributed by atoms with Crippen molar-refractivity contribution in [1.82, 2.24) is 14.6 Å². The zero-order valence-corrected chi connectivity index (χ0v) is 8.48. The highest BCUT2D eigenvalue weighted by Crippen LogP contribution is 2.20. The Morgan fingerprint density at radius 2 is 2.40 bits per heavy atom. The smallest absolute Gasteiger partial charge is 0.303 e. The molecule has 2 aromatic rings. The Bertz CT molecular complexity index is 509. The number of hydrogen-bond acceptors (Lipinski definition) is 3. The number of carbonyl (C=O) groups is 1. The van der Waals surface area contributed by atoms with E-state index in [1.807, 2.05) is 0 Å². The number of hydrogen-bond donors (Lipinski definition) is 1. The van der Waals surface area contributed by atoms with Crippen LogP contribution in [0.3, 0.4) is 0 Å². The predicted octanol–water partition coefficient (Wildman–Crippen LogP) is 1.40. The van der Waals surface area contributed by atoms with E-state index in [0.29, 0.717) is 22.8 Å². The lowest BCUT2D eigenvalue weighted by Crippen LogP contribution is -1.98. The van der Waals surface area contributed by atoms with E-state index in [9.17, 15) is 4.79 Å². The van der Waals surface area contributed by atoms with Crippen LogP contribution >= 0.6 is 11.6 Å². The summed E-state index contributed by atoms with van der Waals surface area (Å²) in [6, 6.07) is 1.73. The second-order valence-corrected chi connectivity index (χ2v) is 3.42. The Kier molecular flexibility index (Phi) is 2.55. The van der Waals surface area contributed by atoms with Gasteiger partial charge in [-0.1, -0.05) is 11.6 Å². The first-order chi connectivity index (χ1) is 7.18. The van der Waals surface area contributed by atoms with Crippen molar-refractivity contribution in [2.45, 2.75) is 12.8 Å². The largest absolute Gasteiger partial charge is 0.481 e. The lowest BCUT2D eigenvalue weighted by molar-refractivity contribution is -0.136. The number of carboxylic acid groups (broad SMARTS) is 1. The molecule has 0 radical (unpaired) electrons. The van der Waals surface area contributed by atoms with E-state index >= 15 is 0 Å². The molecule has 0 aliphatic heterocycles. The van der Waals surface area contributed by atoms with Crippen LogP contribution in [0.2, 0.25) is 5.02 Å². The van der Waals surface area contributed by atoms with Crippen molar-refractivity contribution >= 4 is 23.2 Å². The summed E-state index contributed by atoms with van der Waals surface area (Å²) in [5, 5.41) is 13.1. The Morgan fingerprint density at radius 3 is 3.07 bits per heavy atom. The molecule has 0 spiro atoms. The van der Waals surface area contributed by atoms with Crippen LogP contribution in [0.25, 0.3) is 5.65 Å². The number of rotatable bonds is 3. The van der Waals surface area contributed by atoms with Crippen LogP contribution in [-0.2, 0) is 11.2 Å². The van der Waals surface area contributed by atoms with Gasteiger partial charge in [-0.05, 0) is 6.07 Å². The molecule has 78 valence electrons. The molecule has 0 unspecified atom stereocenters. The Labute approximate surface area is 90.3 Å². The molecule has 5 nitrogen and oxygen atoms in total. The van der Waals surface area contributed by atoms with Gasteiger partial charge >= 0.3 is 5.97 Å². The molecule has 15 heavy (non-hydrogen) atoms. The number of carboxylic acids is 1. The predicted molar refractivity (Wildman–Crippen MR) is 54.0 cm³/mol. The number of nitrogens with zero attached hydrogens (tertiary/aromatic N) is 3. The lowest BCUT2D eigenvalue weighted by Gasteiger charge is -1.91. The molecule has 0 saturated carbocycles. The quantitative estimate of drug-likeness (QED) is 0.858. The van der Waals surface area contributed by atoms with Crippen molar-refractivity contribution in [2.24, 2.45) is 0 Å². The van der Waals surface area contributed by atoms with Crippen molar-refractivity contribution in [3.8, 4) is 0 Å². The summed E-state index contributed by atoms with van der Waals surface area (Å²) < 4.78 is 1.54. The van der Waals surface area contributed by atoms with Crippen LogP contribution in [-0.4, -0.2) is 25.7 Å². The van der Waals surface area contributed by atoms with Crippen molar-refractivity contribution < 1.29 is 9.90 Å². The Balaban J connectivity index is 2.36. The standard InChI is InChI=1S/C9H8ClN3O2/c10-8-6(2-3-7(14)15)12-13-5-1-4-11-9(8)13/h1,4-5H,2-3H2,(H,14,15). The van der Waals surface area contributed by atoms with Gasteiger partial charge in [0, 0.05) is 18.8 Å². The Morgan fingerprint density at radius 1 is 1.60 bits per heavy atom. The highest BCUT2D eigenvalue weighted by molar-refractivity contribution is 6.34. The fourth-order valence-corrected chi connectivity index (χ4v) is 1.56. The molecule has 2 rings (SSSR count). The number of halogens is 1. The third kappa shape index (κ3) is 1.92. The highest BCUT2D eigenvalue weighted by atomic mass is 35.5. The van der Waals surface area contributed by atoms with E-state index in [0.717, 1.165) is 0 Å². The third-order valence-corrected chi connectivity index (χ3v) is 2.37. The molecule has 0 atom stereocenters. The first kappa shape index (κ1) is 9.92. The highest BCUT2D eigenvalue weighted by Gasteiger charge is 2.12. The molecule has 2 aromatic heterocycles. The molecule has 0 fully saturated rings. The molecule has 0 aliphatic rings. The summed E-state index contributed by atoms with van der Waals surface area (Å²) >= 11 is 6.00. The molecule has 0 bridgehead atoms. The fraction of sp³-hybridized carbons (Fsp3) is 0.222. The zero-order chi connectivity index (χ0) is 10.8. The van der Waals surface area contributed by atoms with Crippen LogP contribution in [0.1, 0.15) is 12.1 Å². The average molecular weight is 226 g/mol. The average Bonchev–Trinajstić information content (AvgIpc) is 2.54. The number of aryl methyl sites for hydroxylation is 1. The van der Waals surface area contributed by atoms with Crippen molar-refractivity contribution in [1.29, 1.82) is 0 Å². The number of aliphatic carboxylic acids is 1. The van der Waals surface area contributed by atoms with E-state index in [2.05, 4.69) is 10.1 Å². The maximum Gasteiger partial charge on any atom is 0.303 e. The summed E-state index contributed by atoms with van der Waals surface area (Å²) in [4.78, 5) is 14.5. The lowest BCUT2D eigenvalue weighted by atomic mass is 10.2. The van der Waals surface area contributed by atoms with Gasteiger partial charge in [0.25, 0.3) is 0 Å². The second-order valence-electron chi connectivity index (χ2n) is 3.04. The minimum Gasteiger partial charge on any atom is -0.481 e. The van der Waals surface area contributed by atoms with E-state index in [-0.39, 0.29) is 6.42 Å². The minimum atomic E-state index is -0.865.